The van der Waals surface area contributed by atoms with E-state index in [0.717, 1.165) is 11.1 Å². The zero-order chi connectivity index (χ0) is 24.3. The quantitative estimate of drug-likeness (QED) is 0.633. The van der Waals surface area contributed by atoms with Gasteiger partial charge in [-0.05, 0) is 48.4 Å². The van der Waals surface area contributed by atoms with Gasteiger partial charge in [0, 0.05) is 31.5 Å². The number of piperidine rings is 1. The number of nitrogens with zero attached hydrogens (tertiary/aromatic N) is 1. The van der Waals surface area contributed by atoms with Gasteiger partial charge in [-0.25, -0.2) is 4.79 Å². The van der Waals surface area contributed by atoms with Crippen LogP contribution in [0, 0.1) is 5.41 Å². The van der Waals surface area contributed by atoms with Gasteiger partial charge in [-0.1, -0.05) is 55.5 Å². The number of hydrogen-bond donors (Lipinski definition) is 2. The molecule has 7 heteroatoms. The number of benzene rings is 2. The second-order valence-corrected chi connectivity index (χ2v) is 9.56. The Morgan fingerprint density at radius 2 is 1.74 bits per heavy atom. The van der Waals surface area contributed by atoms with Gasteiger partial charge in [0.1, 0.15) is 6.61 Å². The summed E-state index contributed by atoms with van der Waals surface area (Å²) < 4.78 is 5.61. The van der Waals surface area contributed by atoms with Crippen molar-refractivity contribution in [2.75, 3.05) is 19.7 Å². The van der Waals surface area contributed by atoms with E-state index in [4.69, 9.17) is 4.74 Å². The summed E-state index contributed by atoms with van der Waals surface area (Å²) in [5.41, 5.74) is 3.70. The molecule has 2 atom stereocenters. The van der Waals surface area contributed by atoms with Crippen LogP contribution in [0.15, 0.2) is 48.5 Å². The highest BCUT2D eigenvalue weighted by molar-refractivity contribution is 5.81. The van der Waals surface area contributed by atoms with E-state index in [1.54, 1.807) is 11.8 Å². The lowest BCUT2D eigenvalue weighted by atomic mass is 9.82. The molecule has 4 rings (SSSR count). The van der Waals surface area contributed by atoms with Gasteiger partial charge >= 0.3 is 12.1 Å². The van der Waals surface area contributed by atoms with Crippen LogP contribution in [-0.2, 0) is 14.3 Å². The molecule has 2 aromatic rings. The molecule has 0 aromatic heterocycles. The largest absolute Gasteiger partial charge is 0.481 e. The molecule has 0 radical (unpaired) electrons. The first kappa shape index (κ1) is 23.8. The van der Waals surface area contributed by atoms with Crippen molar-refractivity contribution in [2.45, 2.75) is 51.5 Å². The lowest BCUT2D eigenvalue weighted by Crippen LogP contribution is -2.50. The number of nitrogens with one attached hydrogen (secondary N) is 1. The summed E-state index contributed by atoms with van der Waals surface area (Å²) >= 11 is 0. The topological polar surface area (TPSA) is 95.9 Å². The van der Waals surface area contributed by atoms with Gasteiger partial charge in [0.2, 0.25) is 5.91 Å². The number of aliphatic carboxylic acids is 1. The molecule has 1 saturated heterocycles. The molecule has 0 saturated carbocycles. The molecule has 0 bridgehead atoms. The maximum atomic E-state index is 12.8. The van der Waals surface area contributed by atoms with Gasteiger partial charge in [-0.15, -0.1) is 0 Å². The summed E-state index contributed by atoms with van der Waals surface area (Å²) in [5.74, 6) is -1.05. The molecule has 2 aliphatic rings. The fourth-order valence-electron chi connectivity index (χ4n) is 5.07. The van der Waals surface area contributed by atoms with Crippen molar-refractivity contribution in [2.24, 2.45) is 5.41 Å². The number of carboxylic acids is 1. The Balaban J connectivity index is 1.34. The molecule has 180 valence electrons. The number of rotatable bonds is 7. The molecule has 1 heterocycles. The zero-order valence-corrected chi connectivity index (χ0v) is 19.8. The summed E-state index contributed by atoms with van der Waals surface area (Å²) in [6.45, 7) is 4.54. The second-order valence-electron chi connectivity index (χ2n) is 9.56. The number of carbonyl (C=O) groups excluding carboxylic acids is 2. The number of hydrogen-bond acceptors (Lipinski definition) is 4. The van der Waals surface area contributed by atoms with E-state index in [2.05, 4.69) is 29.6 Å². The van der Waals surface area contributed by atoms with Crippen molar-refractivity contribution in [1.82, 2.24) is 10.2 Å². The highest BCUT2D eigenvalue weighted by atomic mass is 16.5. The Bertz CT molecular complexity index is 1040. The highest BCUT2D eigenvalue weighted by Gasteiger charge is 2.39. The molecular formula is C27H32N2O5. The van der Waals surface area contributed by atoms with Crippen molar-refractivity contribution < 1.29 is 24.2 Å². The van der Waals surface area contributed by atoms with Gasteiger partial charge in [-0.3, -0.25) is 9.59 Å². The van der Waals surface area contributed by atoms with E-state index < -0.39 is 17.5 Å². The summed E-state index contributed by atoms with van der Waals surface area (Å²) in [6, 6.07) is 15.9. The number of alkyl carbamates (subject to hydrolysis) is 1. The van der Waals surface area contributed by atoms with Gasteiger partial charge in [0.25, 0.3) is 0 Å². The van der Waals surface area contributed by atoms with Crippen LogP contribution >= 0.6 is 0 Å². The summed E-state index contributed by atoms with van der Waals surface area (Å²) in [4.78, 5) is 38.7. The van der Waals surface area contributed by atoms with Crippen LogP contribution in [0.2, 0.25) is 0 Å². The number of carbonyl (C=O) groups is 3. The van der Waals surface area contributed by atoms with Gasteiger partial charge < -0.3 is 20.1 Å². The van der Waals surface area contributed by atoms with Gasteiger partial charge in [-0.2, -0.15) is 0 Å². The molecule has 1 unspecified atom stereocenters. The monoisotopic (exact) mass is 464 g/mol. The fourth-order valence-corrected chi connectivity index (χ4v) is 5.07. The van der Waals surface area contributed by atoms with E-state index >= 15 is 0 Å². The van der Waals surface area contributed by atoms with Crippen LogP contribution in [0.1, 0.15) is 56.6 Å². The average Bonchev–Trinajstić information content (AvgIpc) is 3.16. The van der Waals surface area contributed by atoms with Crippen LogP contribution in [0.25, 0.3) is 11.1 Å². The Morgan fingerprint density at radius 3 is 2.32 bits per heavy atom. The molecule has 2 amide bonds. The third kappa shape index (κ3) is 4.79. The third-order valence-corrected chi connectivity index (χ3v) is 7.14. The lowest BCUT2D eigenvalue weighted by molar-refractivity contribution is -0.153. The average molecular weight is 465 g/mol. The van der Waals surface area contributed by atoms with Crippen LogP contribution in [0.4, 0.5) is 4.79 Å². The van der Waals surface area contributed by atoms with Crippen molar-refractivity contribution in [3.05, 3.63) is 59.7 Å². The Kier molecular flexibility index (Phi) is 6.91. The minimum absolute atomic E-state index is 0.0260. The summed E-state index contributed by atoms with van der Waals surface area (Å²) in [5, 5.41) is 12.3. The van der Waals surface area contributed by atoms with Crippen molar-refractivity contribution >= 4 is 18.0 Å². The lowest BCUT2D eigenvalue weighted by Gasteiger charge is -2.38. The minimum Gasteiger partial charge on any atom is -0.481 e. The maximum absolute atomic E-state index is 12.8. The van der Waals surface area contributed by atoms with Crippen molar-refractivity contribution in [1.29, 1.82) is 0 Å². The molecule has 2 aromatic carbocycles. The molecule has 2 N–H and O–H groups in total. The third-order valence-electron chi connectivity index (χ3n) is 7.14. The predicted octanol–water partition coefficient (Wildman–Crippen LogP) is 4.41. The fraction of sp³-hybridized carbons (Fsp3) is 0.444. The van der Waals surface area contributed by atoms with E-state index in [0.29, 0.717) is 25.8 Å². The van der Waals surface area contributed by atoms with Crippen LogP contribution < -0.4 is 5.32 Å². The molecule has 7 nitrogen and oxygen atoms in total. The standard InChI is InChI=1S/C27H32N2O5/c1-3-18(15-24(30)29-14-8-13-27(2,17-29)25(31)32)28-26(33)34-16-23-21-11-6-4-9-19(21)20-10-5-7-12-22(20)23/h4-7,9-12,18,23H,3,8,13-17H2,1-2H3,(H,28,33)(H,31,32)/t18-,27?/m1/s1. The van der Waals surface area contributed by atoms with E-state index in [9.17, 15) is 19.5 Å². The Morgan fingerprint density at radius 1 is 1.12 bits per heavy atom. The molecule has 0 spiro atoms. The Hall–Kier alpha value is -3.35. The SMILES string of the molecule is CC[C@H](CC(=O)N1CCCC(C)(C(=O)O)C1)NC(=O)OCC1c2ccccc2-c2ccccc21. The van der Waals surface area contributed by atoms with Gasteiger partial charge in [0.05, 0.1) is 5.41 Å². The van der Waals surface area contributed by atoms with E-state index in [1.807, 2.05) is 31.2 Å². The minimum atomic E-state index is -0.921. The first-order valence-corrected chi connectivity index (χ1v) is 11.9. The molecule has 1 fully saturated rings. The van der Waals surface area contributed by atoms with Crippen LogP contribution in [0.5, 0.6) is 0 Å². The first-order chi connectivity index (χ1) is 16.3. The number of ether oxygens (including phenoxy) is 1. The van der Waals surface area contributed by atoms with Crippen LogP contribution in [0.3, 0.4) is 0 Å². The number of fused-ring (bicyclic) bond motifs is 3. The van der Waals surface area contributed by atoms with E-state index in [1.165, 1.54) is 11.1 Å². The van der Waals surface area contributed by atoms with Gasteiger partial charge in [0.15, 0.2) is 0 Å². The zero-order valence-electron chi connectivity index (χ0n) is 19.8. The molecule has 1 aliphatic carbocycles. The number of amides is 2. The summed E-state index contributed by atoms with van der Waals surface area (Å²) in [7, 11) is 0. The predicted molar refractivity (Wildman–Crippen MR) is 128 cm³/mol. The summed E-state index contributed by atoms with van der Waals surface area (Å²) in [6.07, 6.45) is 1.36. The Labute approximate surface area is 200 Å². The normalized spacial score (nSPS) is 20.2. The first-order valence-electron chi connectivity index (χ1n) is 11.9. The highest BCUT2D eigenvalue weighted by Crippen LogP contribution is 2.44. The second kappa shape index (κ2) is 9.87. The van der Waals surface area contributed by atoms with Crippen LogP contribution in [-0.4, -0.2) is 53.7 Å². The number of likely N-dealkylation sites (tertiary alicyclic amines) is 1. The molecule has 1 aliphatic heterocycles. The van der Waals surface area contributed by atoms with Crippen molar-refractivity contribution in [3.8, 4) is 11.1 Å². The van der Waals surface area contributed by atoms with Crippen molar-refractivity contribution in [3.63, 3.8) is 0 Å². The maximum Gasteiger partial charge on any atom is 0.407 e. The smallest absolute Gasteiger partial charge is 0.407 e. The molecular weight excluding hydrogens is 432 g/mol. The van der Waals surface area contributed by atoms with E-state index in [-0.39, 0.29) is 37.4 Å². The number of carboxylic acid groups (broad SMARTS) is 1. The molecule has 34 heavy (non-hydrogen) atoms.